The smallest absolute Gasteiger partial charge is 0.243 e. The SMILES string of the molecule is CC(O)C(C)(C)NS(=O)(=O)c1cccc2c1N=S=N2. The van der Waals surface area contributed by atoms with E-state index in [0.717, 1.165) is 11.4 Å². The Morgan fingerprint density at radius 2 is 2.05 bits per heavy atom. The first-order chi connectivity index (χ1) is 8.74. The number of fused-ring (bicyclic) bond motifs is 1. The largest absolute Gasteiger partial charge is 0.391 e. The molecule has 0 aromatic heterocycles. The van der Waals surface area contributed by atoms with Crippen molar-refractivity contribution in [1.82, 2.24) is 4.72 Å². The van der Waals surface area contributed by atoms with Crippen molar-refractivity contribution in [3.05, 3.63) is 18.2 Å². The van der Waals surface area contributed by atoms with Gasteiger partial charge in [-0.05, 0) is 32.9 Å². The molecule has 0 saturated heterocycles. The summed E-state index contributed by atoms with van der Waals surface area (Å²) in [6.07, 6.45) is -0.824. The summed E-state index contributed by atoms with van der Waals surface area (Å²) in [7, 11) is -3.77. The van der Waals surface area contributed by atoms with E-state index in [1.165, 1.54) is 13.0 Å². The van der Waals surface area contributed by atoms with E-state index in [9.17, 15) is 13.5 Å². The minimum atomic E-state index is -3.77. The zero-order valence-corrected chi connectivity index (χ0v) is 12.4. The minimum Gasteiger partial charge on any atom is -0.391 e. The first-order valence-electron chi connectivity index (χ1n) is 5.67. The van der Waals surface area contributed by atoms with Crippen molar-refractivity contribution >= 4 is 32.8 Å². The van der Waals surface area contributed by atoms with Crippen LogP contribution in [-0.4, -0.2) is 25.2 Å². The molecule has 0 amide bonds. The van der Waals surface area contributed by atoms with E-state index in [2.05, 4.69) is 13.4 Å². The molecule has 8 heteroatoms. The van der Waals surface area contributed by atoms with Crippen molar-refractivity contribution in [1.29, 1.82) is 0 Å². The van der Waals surface area contributed by atoms with Crippen molar-refractivity contribution in [3.63, 3.8) is 0 Å². The van der Waals surface area contributed by atoms with Crippen LogP contribution >= 0.6 is 0 Å². The molecule has 1 aliphatic rings. The fraction of sp³-hybridized carbons (Fsp3) is 0.455. The summed E-state index contributed by atoms with van der Waals surface area (Å²) < 4.78 is 35.3. The highest BCUT2D eigenvalue weighted by Crippen LogP contribution is 2.37. The van der Waals surface area contributed by atoms with E-state index in [1.54, 1.807) is 26.0 Å². The number of benzene rings is 1. The molecule has 1 atom stereocenters. The summed E-state index contributed by atoms with van der Waals surface area (Å²) in [5.41, 5.74) is -0.0751. The first kappa shape index (κ1) is 14.3. The van der Waals surface area contributed by atoms with Gasteiger partial charge in [0, 0.05) is 0 Å². The van der Waals surface area contributed by atoms with E-state index in [1.807, 2.05) is 0 Å². The maximum Gasteiger partial charge on any atom is 0.243 e. The predicted octanol–water partition coefficient (Wildman–Crippen LogP) is 1.85. The second-order valence-corrected chi connectivity index (χ2v) is 7.07. The molecule has 1 aromatic carbocycles. The van der Waals surface area contributed by atoms with Gasteiger partial charge in [0.05, 0.1) is 23.0 Å². The molecule has 0 radical (unpaired) electrons. The van der Waals surface area contributed by atoms with E-state index in [4.69, 9.17) is 0 Å². The maximum absolute atomic E-state index is 12.4. The van der Waals surface area contributed by atoms with E-state index < -0.39 is 21.7 Å². The molecule has 6 nitrogen and oxygen atoms in total. The molecule has 0 aliphatic carbocycles. The molecule has 1 unspecified atom stereocenters. The monoisotopic (exact) mass is 301 g/mol. The number of nitrogens with one attached hydrogen (secondary N) is 1. The third-order valence-electron chi connectivity index (χ3n) is 2.98. The van der Waals surface area contributed by atoms with Gasteiger partial charge >= 0.3 is 0 Å². The quantitative estimate of drug-likeness (QED) is 0.902. The van der Waals surface area contributed by atoms with Crippen LogP contribution in [0.4, 0.5) is 11.4 Å². The van der Waals surface area contributed by atoms with E-state index in [0.29, 0.717) is 11.4 Å². The Balaban J connectivity index is 2.43. The average Bonchev–Trinajstić information content (AvgIpc) is 2.74. The van der Waals surface area contributed by atoms with Crippen LogP contribution < -0.4 is 4.72 Å². The molecule has 1 aliphatic heterocycles. The third-order valence-corrected chi connectivity index (χ3v) is 5.23. The summed E-state index contributed by atoms with van der Waals surface area (Å²) in [4.78, 5) is 0.0764. The van der Waals surface area contributed by atoms with Crippen molar-refractivity contribution in [2.45, 2.75) is 37.3 Å². The number of aliphatic hydroxyl groups excluding tert-OH is 1. The number of hydrogen-bond donors (Lipinski definition) is 2. The van der Waals surface area contributed by atoms with Gasteiger partial charge in [-0.3, -0.25) is 0 Å². The number of sulfonamides is 1. The molecule has 2 N–H and O–H groups in total. The average molecular weight is 301 g/mol. The molecule has 104 valence electrons. The van der Waals surface area contributed by atoms with E-state index in [-0.39, 0.29) is 4.90 Å². The molecule has 0 spiro atoms. The van der Waals surface area contributed by atoms with Crippen LogP contribution in [0.2, 0.25) is 0 Å². The molecular formula is C11H15N3O3S2. The van der Waals surface area contributed by atoms with Gasteiger partial charge in [-0.25, -0.2) is 13.1 Å². The Morgan fingerprint density at radius 3 is 2.68 bits per heavy atom. The van der Waals surface area contributed by atoms with Crippen LogP contribution in [0.15, 0.2) is 31.8 Å². The lowest BCUT2D eigenvalue weighted by Crippen LogP contribution is -2.50. The highest BCUT2D eigenvalue weighted by Gasteiger charge is 2.32. The molecule has 0 bridgehead atoms. The fourth-order valence-corrected chi connectivity index (χ4v) is 3.73. The summed E-state index contributed by atoms with van der Waals surface area (Å²) in [5.74, 6) is 0. The van der Waals surface area contributed by atoms with Crippen LogP contribution in [-0.2, 0) is 21.4 Å². The van der Waals surface area contributed by atoms with Crippen molar-refractivity contribution in [2.75, 3.05) is 0 Å². The van der Waals surface area contributed by atoms with Gasteiger partial charge in [-0.2, -0.15) is 8.73 Å². The Labute approximate surface area is 115 Å². The lowest BCUT2D eigenvalue weighted by molar-refractivity contribution is 0.111. The second kappa shape index (κ2) is 4.78. The van der Waals surface area contributed by atoms with Crippen LogP contribution in [0, 0.1) is 0 Å². The molecule has 2 rings (SSSR count). The van der Waals surface area contributed by atoms with Gasteiger partial charge in [-0.1, -0.05) is 6.07 Å². The zero-order valence-electron chi connectivity index (χ0n) is 10.8. The number of hydrogen-bond acceptors (Lipinski definition) is 5. The summed E-state index contributed by atoms with van der Waals surface area (Å²) >= 11 is 0.966. The molecule has 1 aromatic rings. The molecule has 0 fully saturated rings. The van der Waals surface area contributed by atoms with Gasteiger partial charge in [0.25, 0.3) is 0 Å². The summed E-state index contributed by atoms with van der Waals surface area (Å²) in [5, 5.41) is 9.61. The first-order valence-corrected chi connectivity index (χ1v) is 7.89. The summed E-state index contributed by atoms with van der Waals surface area (Å²) in [6.45, 7) is 4.77. The lowest BCUT2D eigenvalue weighted by atomic mass is 10.0. The fourth-order valence-electron chi connectivity index (χ4n) is 1.48. The topological polar surface area (TPSA) is 91.1 Å². The Hall–Kier alpha value is -1.09. The van der Waals surface area contributed by atoms with Gasteiger partial charge in [-0.15, -0.1) is 0 Å². The van der Waals surface area contributed by atoms with Gasteiger partial charge < -0.3 is 5.11 Å². The zero-order chi connectivity index (χ0) is 14.3. The van der Waals surface area contributed by atoms with Gasteiger partial charge in [0.15, 0.2) is 0 Å². The van der Waals surface area contributed by atoms with E-state index >= 15 is 0 Å². The Bertz CT molecular complexity index is 674. The maximum atomic E-state index is 12.4. The van der Waals surface area contributed by atoms with Crippen LogP contribution in [0.3, 0.4) is 0 Å². The van der Waals surface area contributed by atoms with Crippen molar-refractivity contribution in [2.24, 2.45) is 8.73 Å². The Morgan fingerprint density at radius 1 is 1.37 bits per heavy atom. The molecular weight excluding hydrogens is 286 g/mol. The van der Waals surface area contributed by atoms with Crippen molar-refractivity contribution in [3.8, 4) is 0 Å². The van der Waals surface area contributed by atoms with Gasteiger partial charge in [0.2, 0.25) is 10.0 Å². The van der Waals surface area contributed by atoms with Crippen LogP contribution in [0.5, 0.6) is 0 Å². The Kier molecular flexibility index (Phi) is 3.61. The third kappa shape index (κ3) is 2.76. The minimum absolute atomic E-state index is 0.0764. The summed E-state index contributed by atoms with van der Waals surface area (Å²) in [6, 6.07) is 4.80. The van der Waals surface area contributed by atoms with Crippen LogP contribution in [0.25, 0.3) is 0 Å². The van der Waals surface area contributed by atoms with Crippen molar-refractivity contribution < 1.29 is 13.5 Å². The van der Waals surface area contributed by atoms with Crippen LogP contribution in [0.1, 0.15) is 20.8 Å². The molecule has 19 heavy (non-hydrogen) atoms. The second-order valence-electron chi connectivity index (χ2n) is 4.89. The van der Waals surface area contributed by atoms with Gasteiger partial charge in [0.1, 0.15) is 16.3 Å². The predicted molar refractivity (Wildman–Crippen MR) is 74.1 cm³/mol. The highest BCUT2D eigenvalue weighted by molar-refractivity contribution is 7.89. The highest BCUT2D eigenvalue weighted by atomic mass is 32.2. The number of nitrogens with zero attached hydrogens (tertiary/aromatic N) is 2. The number of rotatable bonds is 4. The number of aliphatic hydroxyl groups is 1. The normalized spacial score (nSPS) is 16.0. The lowest BCUT2D eigenvalue weighted by Gasteiger charge is -2.29. The molecule has 0 saturated carbocycles. The molecule has 1 heterocycles. The standard InChI is InChI=1S/C11H15N3O3S2/c1-7(15)11(2,3)14-19(16,17)9-6-4-5-8-10(9)13-18-12-8/h4-7,14-15H,1-3H3.